The Morgan fingerprint density at radius 3 is 2.92 bits per heavy atom. The number of furan rings is 1. The Kier molecular flexibility index (Phi) is 5.04. The Hall–Kier alpha value is -2.18. The summed E-state index contributed by atoms with van der Waals surface area (Å²) in [6.45, 7) is 0. The fraction of sp³-hybridized carbons (Fsp3) is 0.316. The van der Waals surface area contributed by atoms with E-state index in [4.69, 9.17) is 16.0 Å². The summed E-state index contributed by atoms with van der Waals surface area (Å²) in [5.41, 5.74) is 0.809. The summed E-state index contributed by atoms with van der Waals surface area (Å²) in [6, 6.07) is 9.10. The first-order chi connectivity index (χ1) is 12.7. The maximum absolute atomic E-state index is 13.1. The van der Waals surface area contributed by atoms with Crippen molar-refractivity contribution in [2.75, 3.05) is 5.01 Å². The second-order valence-electron chi connectivity index (χ2n) is 6.35. The van der Waals surface area contributed by atoms with Gasteiger partial charge in [0.2, 0.25) is 5.13 Å². The number of halogens is 1. The Morgan fingerprint density at radius 1 is 1.31 bits per heavy atom. The minimum absolute atomic E-state index is 0.00217. The molecule has 0 bridgehead atoms. The molecule has 26 heavy (non-hydrogen) atoms. The van der Waals surface area contributed by atoms with Crippen LogP contribution in [0.2, 0.25) is 5.02 Å². The molecule has 1 aromatic carbocycles. The SMILES string of the molecule is O=C(C1CCCCC1)N(/N=C\c1ccco1)c1nc2ccc(Cl)cc2s1. The van der Waals surface area contributed by atoms with Gasteiger partial charge in [0, 0.05) is 10.9 Å². The molecule has 0 radical (unpaired) electrons. The van der Waals surface area contributed by atoms with Crippen LogP contribution >= 0.6 is 22.9 Å². The third-order valence-electron chi connectivity index (χ3n) is 4.53. The van der Waals surface area contributed by atoms with Gasteiger partial charge in [-0.2, -0.15) is 10.1 Å². The molecular formula is C19H18ClN3O2S. The molecule has 3 aromatic rings. The van der Waals surface area contributed by atoms with Crippen molar-refractivity contribution in [3.8, 4) is 0 Å². The largest absolute Gasteiger partial charge is 0.463 e. The number of rotatable bonds is 4. The van der Waals surface area contributed by atoms with Gasteiger partial charge in [-0.05, 0) is 43.2 Å². The van der Waals surface area contributed by atoms with Gasteiger partial charge in [-0.1, -0.05) is 42.2 Å². The summed E-state index contributed by atoms with van der Waals surface area (Å²) < 4.78 is 6.23. The van der Waals surface area contributed by atoms with Crippen LogP contribution in [0.15, 0.2) is 46.1 Å². The van der Waals surface area contributed by atoms with Crippen molar-refractivity contribution in [3.63, 3.8) is 0 Å². The fourth-order valence-electron chi connectivity index (χ4n) is 3.18. The highest BCUT2D eigenvalue weighted by molar-refractivity contribution is 7.22. The third kappa shape index (κ3) is 3.66. The number of fused-ring (bicyclic) bond motifs is 1. The zero-order valence-electron chi connectivity index (χ0n) is 14.1. The molecule has 0 aliphatic heterocycles. The van der Waals surface area contributed by atoms with Crippen LogP contribution in [0.4, 0.5) is 5.13 Å². The van der Waals surface area contributed by atoms with Crippen LogP contribution in [0.25, 0.3) is 10.2 Å². The number of aromatic nitrogens is 1. The molecule has 2 heterocycles. The second-order valence-corrected chi connectivity index (χ2v) is 7.80. The second kappa shape index (κ2) is 7.60. The highest BCUT2D eigenvalue weighted by Crippen LogP contribution is 2.33. The van der Waals surface area contributed by atoms with Crippen LogP contribution in [0, 0.1) is 5.92 Å². The topological polar surface area (TPSA) is 58.7 Å². The quantitative estimate of drug-likeness (QED) is 0.439. The molecule has 0 N–H and O–H groups in total. The number of carbonyl (C=O) groups excluding carboxylic acids is 1. The van der Waals surface area contributed by atoms with Crippen LogP contribution < -0.4 is 5.01 Å². The van der Waals surface area contributed by atoms with E-state index in [-0.39, 0.29) is 11.8 Å². The van der Waals surface area contributed by atoms with Crippen molar-refractivity contribution in [1.29, 1.82) is 0 Å². The standard InChI is InChI=1S/C19H18ClN3O2S/c20-14-8-9-16-17(11-14)26-19(22-16)23(21-12-15-7-4-10-25-15)18(24)13-5-2-1-3-6-13/h4,7-13H,1-3,5-6H2/b21-12-. The zero-order valence-corrected chi connectivity index (χ0v) is 15.7. The van der Waals surface area contributed by atoms with Crippen LogP contribution in [0.5, 0.6) is 0 Å². The number of hydrogen-bond donors (Lipinski definition) is 0. The van der Waals surface area contributed by atoms with Crippen LogP contribution in [0.1, 0.15) is 37.9 Å². The predicted octanol–water partition coefficient (Wildman–Crippen LogP) is 5.49. The highest BCUT2D eigenvalue weighted by atomic mass is 35.5. The van der Waals surface area contributed by atoms with Gasteiger partial charge in [-0.15, -0.1) is 0 Å². The molecule has 7 heteroatoms. The molecule has 1 saturated carbocycles. The van der Waals surface area contributed by atoms with Gasteiger partial charge in [0.1, 0.15) is 5.76 Å². The summed E-state index contributed by atoms with van der Waals surface area (Å²) in [5.74, 6) is 0.585. The van der Waals surface area contributed by atoms with Crippen LogP contribution in [0.3, 0.4) is 0 Å². The first-order valence-electron chi connectivity index (χ1n) is 8.68. The normalized spacial score (nSPS) is 15.7. The maximum atomic E-state index is 13.1. The van der Waals surface area contributed by atoms with Crippen molar-refractivity contribution >= 4 is 50.4 Å². The lowest BCUT2D eigenvalue weighted by Crippen LogP contribution is -2.33. The van der Waals surface area contributed by atoms with E-state index < -0.39 is 0 Å². The molecule has 134 valence electrons. The van der Waals surface area contributed by atoms with E-state index in [1.165, 1.54) is 22.8 Å². The Balaban J connectivity index is 1.69. The van der Waals surface area contributed by atoms with Gasteiger partial charge in [0.05, 0.1) is 22.7 Å². The number of thiazole rings is 1. The zero-order chi connectivity index (χ0) is 17.9. The Bertz CT molecular complexity index is 930. The third-order valence-corrected chi connectivity index (χ3v) is 5.76. The molecule has 1 fully saturated rings. The molecule has 0 atom stereocenters. The van der Waals surface area contributed by atoms with E-state index in [1.807, 2.05) is 12.1 Å². The van der Waals surface area contributed by atoms with Gasteiger partial charge < -0.3 is 4.42 Å². The average Bonchev–Trinajstić information content (AvgIpc) is 3.31. The lowest BCUT2D eigenvalue weighted by Gasteiger charge is -2.24. The molecule has 1 aliphatic rings. The van der Waals surface area contributed by atoms with Gasteiger partial charge in [0.15, 0.2) is 0 Å². The summed E-state index contributed by atoms with van der Waals surface area (Å²) in [6.07, 6.45) is 8.31. The van der Waals surface area contributed by atoms with Gasteiger partial charge in [-0.25, -0.2) is 4.98 Å². The summed E-state index contributed by atoms with van der Waals surface area (Å²) in [7, 11) is 0. The monoisotopic (exact) mass is 387 g/mol. The van der Waals surface area contributed by atoms with Gasteiger partial charge in [-0.3, -0.25) is 4.79 Å². The Morgan fingerprint density at radius 2 is 2.15 bits per heavy atom. The van der Waals surface area contributed by atoms with E-state index >= 15 is 0 Å². The fourth-order valence-corrected chi connectivity index (χ4v) is 4.38. The number of nitrogens with zero attached hydrogens (tertiary/aromatic N) is 3. The van der Waals surface area contributed by atoms with E-state index in [0.29, 0.717) is 15.9 Å². The summed E-state index contributed by atoms with van der Waals surface area (Å²) in [5, 5.41) is 7.04. The molecule has 5 nitrogen and oxygen atoms in total. The smallest absolute Gasteiger partial charge is 0.252 e. The Labute approximate surface area is 160 Å². The molecule has 1 amide bonds. The molecule has 4 rings (SSSR count). The minimum atomic E-state index is -0.00639. The first kappa shape index (κ1) is 17.2. The average molecular weight is 388 g/mol. The minimum Gasteiger partial charge on any atom is -0.463 e. The molecule has 1 aliphatic carbocycles. The lowest BCUT2D eigenvalue weighted by molar-refractivity contribution is -0.123. The molecule has 0 spiro atoms. The lowest BCUT2D eigenvalue weighted by atomic mass is 9.88. The van der Waals surface area contributed by atoms with Crippen molar-refractivity contribution in [2.24, 2.45) is 11.0 Å². The van der Waals surface area contributed by atoms with Gasteiger partial charge in [0.25, 0.3) is 5.91 Å². The number of amides is 1. The van der Waals surface area contributed by atoms with Crippen molar-refractivity contribution < 1.29 is 9.21 Å². The number of benzene rings is 1. The summed E-state index contributed by atoms with van der Waals surface area (Å²) >= 11 is 7.49. The molecule has 0 saturated heterocycles. The first-order valence-corrected chi connectivity index (χ1v) is 9.88. The highest BCUT2D eigenvalue weighted by Gasteiger charge is 2.28. The molecule has 0 unspecified atom stereocenters. The number of anilines is 1. The predicted molar refractivity (Wildman–Crippen MR) is 105 cm³/mol. The van der Waals surface area contributed by atoms with Gasteiger partial charge >= 0.3 is 0 Å². The maximum Gasteiger partial charge on any atom is 0.252 e. The van der Waals surface area contributed by atoms with Crippen LogP contribution in [-0.2, 0) is 4.79 Å². The molecular weight excluding hydrogens is 370 g/mol. The number of hydrogen-bond acceptors (Lipinski definition) is 5. The van der Waals surface area contributed by atoms with E-state index in [9.17, 15) is 4.79 Å². The molecule has 2 aromatic heterocycles. The van der Waals surface area contributed by atoms with E-state index in [0.717, 1.165) is 35.9 Å². The number of hydrazone groups is 1. The van der Waals surface area contributed by atoms with Crippen molar-refractivity contribution in [1.82, 2.24) is 4.98 Å². The summed E-state index contributed by atoms with van der Waals surface area (Å²) in [4.78, 5) is 17.7. The van der Waals surface area contributed by atoms with Crippen LogP contribution in [-0.4, -0.2) is 17.1 Å². The van der Waals surface area contributed by atoms with E-state index in [2.05, 4.69) is 10.1 Å². The van der Waals surface area contributed by atoms with Crippen molar-refractivity contribution in [3.05, 3.63) is 47.4 Å². The van der Waals surface area contributed by atoms with Crippen molar-refractivity contribution in [2.45, 2.75) is 32.1 Å². The number of carbonyl (C=O) groups is 1. The van der Waals surface area contributed by atoms with E-state index in [1.54, 1.807) is 30.7 Å².